The molecule has 1 unspecified atom stereocenters. The van der Waals surface area contributed by atoms with E-state index in [2.05, 4.69) is 83.2 Å². The average Bonchev–Trinajstić information content (AvgIpc) is 4.12. The molecule has 4 aromatic rings. The highest BCUT2D eigenvalue weighted by Gasteiger charge is 2.40. The average molecular weight is 813 g/mol. The van der Waals surface area contributed by atoms with Crippen molar-refractivity contribution in [2.75, 3.05) is 20.8 Å². The monoisotopic (exact) mass is 812 g/mol. The number of aryl methyl sites for hydroxylation is 1. The minimum Gasteiger partial charge on any atom is -0.453 e. The summed E-state index contributed by atoms with van der Waals surface area (Å²) < 4.78 is 9.67. The van der Waals surface area contributed by atoms with Crippen LogP contribution in [-0.2, 0) is 31.9 Å². The van der Waals surface area contributed by atoms with Crippen molar-refractivity contribution in [1.29, 1.82) is 0 Å². The lowest BCUT2D eigenvalue weighted by molar-refractivity contribution is -0.134. The first-order valence-corrected chi connectivity index (χ1v) is 21.2. The number of hydrogen-bond acceptors (Lipinski definition) is 8. The van der Waals surface area contributed by atoms with E-state index in [4.69, 9.17) is 19.5 Å². The van der Waals surface area contributed by atoms with Gasteiger partial charge in [0.05, 0.1) is 38.2 Å². The number of benzene rings is 3. The summed E-state index contributed by atoms with van der Waals surface area (Å²) in [6, 6.07) is 23.6. The van der Waals surface area contributed by atoms with Gasteiger partial charge in [0, 0.05) is 36.7 Å². The second kappa shape index (κ2) is 18.9. The number of hydrogen-bond donors (Lipinski definition) is 3. The largest absolute Gasteiger partial charge is 0.453 e. The Balaban J connectivity index is 0.972. The molecular weight excluding hydrogens is 757 g/mol. The molecule has 12 nitrogen and oxygen atoms in total. The number of aromatic nitrogens is 2. The fourth-order valence-electron chi connectivity index (χ4n) is 8.93. The van der Waals surface area contributed by atoms with E-state index in [9.17, 15) is 19.2 Å². The maximum atomic E-state index is 14.1. The quantitative estimate of drug-likeness (QED) is 0.116. The molecule has 314 valence electrons. The molecule has 60 heavy (non-hydrogen) atoms. The first-order valence-electron chi connectivity index (χ1n) is 21.2. The second-order valence-corrected chi connectivity index (χ2v) is 16.4. The lowest BCUT2D eigenvalue weighted by atomic mass is 9.85. The number of nitrogens with one attached hydrogen (secondary N) is 3. The molecule has 3 amide bonds. The number of carbonyl (C=O) groups excluding carboxylic acids is 4. The standard InChI is InChI=1S/C48H56N6O6/c1-6-30-12-14-31(15-13-30)25-40(52-47(57)59-4)44(55)37-9-7-10-38(37)45-50-28-41(51-45)35-22-20-33(21-23-35)32-16-18-34(19-17-32)36-26-39(49-27-36)42-11-8-24-54(42)46(56)43(29(2)3)53-48(58)60-5/h12-23,27-29,37-38,40,42-43H,6-11,24-26H2,1-5H3,(H,50,51)(H,52,57)(H,53,58)/t37?,38-,40+,42+,43+/m1/s1. The van der Waals surface area contributed by atoms with Crippen molar-refractivity contribution in [2.24, 2.45) is 16.8 Å². The van der Waals surface area contributed by atoms with Gasteiger partial charge >= 0.3 is 12.2 Å². The van der Waals surface area contributed by atoms with E-state index < -0.39 is 24.3 Å². The number of allylic oxidation sites excluding steroid dienone is 1. The Morgan fingerprint density at radius 2 is 1.43 bits per heavy atom. The van der Waals surface area contributed by atoms with Crippen molar-refractivity contribution in [2.45, 2.75) is 96.2 Å². The number of aliphatic imine (C=N–C) groups is 1. The molecule has 1 aromatic heterocycles. The third-order valence-corrected chi connectivity index (χ3v) is 12.4. The van der Waals surface area contributed by atoms with Gasteiger partial charge in [0.1, 0.15) is 11.9 Å². The van der Waals surface area contributed by atoms with E-state index in [1.54, 1.807) is 0 Å². The Morgan fingerprint density at radius 1 is 0.800 bits per heavy atom. The molecule has 1 saturated heterocycles. The third kappa shape index (κ3) is 9.38. The third-order valence-electron chi connectivity index (χ3n) is 12.4. The lowest BCUT2D eigenvalue weighted by Gasteiger charge is -2.31. The van der Waals surface area contributed by atoms with Crippen LogP contribution >= 0.6 is 0 Å². The first kappa shape index (κ1) is 42.1. The Bertz CT molecular complexity index is 2230. The van der Waals surface area contributed by atoms with E-state index in [0.29, 0.717) is 19.4 Å². The number of Topliss-reactive ketones (excluding diaryl/α,β-unsaturated/α-hetero) is 1. The van der Waals surface area contributed by atoms with Crippen LogP contribution in [0.25, 0.3) is 28.0 Å². The van der Waals surface area contributed by atoms with Gasteiger partial charge < -0.3 is 30.0 Å². The van der Waals surface area contributed by atoms with E-state index in [0.717, 1.165) is 89.1 Å². The van der Waals surface area contributed by atoms with Crippen molar-refractivity contribution in [3.05, 3.63) is 108 Å². The highest BCUT2D eigenvalue weighted by molar-refractivity contribution is 6.04. The van der Waals surface area contributed by atoms with Crippen LogP contribution in [0.4, 0.5) is 9.59 Å². The zero-order chi connectivity index (χ0) is 42.3. The summed E-state index contributed by atoms with van der Waals surface area (Å²) in [6.07, 6.45) is 8.74. The summed E-state index contributed by atoms with van der Waals surface area (Å²) in [5, 5.41) is 5.53. The maximum Gasteiger partial charge on any atom is 0.407 e. The van der Waals surface area contributed by atoms with Gasteiger partial charge in [0.25, 0.3) is 0 Å². The number of alkyl carbamates (subject to hydrolysis) is 2. The summed E-state index contributed by atoms with van der Waals surface area (Å²) in [7, 11) is 2.61. The molecule has 3 aliphatic rings. The first-order chi connectivity index (χ1) is 29.1. The van der Waals surface area contributed by atoms with Crippen LogP contribution in [0, 0.1) is 11.8 Å². The number of nitrogens with zero attached hydrogens (tertiary/aromatic N) is 3. The Hall–Kier alpha value is -6.04. The normalized spacial score (nSPS) is 19.7. The SMILES string of the molecule is CCc1ccc(C[C@H](NC(=O)OC)C(=O)C2CCC[C@H]2c2ncc(-c3ccc(-c4ccc(C5=CN=C([C@@H]6CCCN6C(=O)[C@@H](NC(=O)OC)C(C)C)C5)cc4)cc3)[nH]2)cc1. The van der Waals surface area contributed by atoms with Gasteiger partial charge in [-0.25, -0.2) is 14.6 Å². The molecule has 0 radical (unpaired) electrons. The van der Waals surface area contributed by atoms with Gasteiger partial charge in [0.2, 0.25) is 5.91 Å². The Morgan fingerprint density at radius 3 is 2.08 bits per heavy atom. The highest BCUT2D eigenvalue weighted by Crippen LogP contribution is 2.41. The maximum absolute atomic E-state index is 14.1. The molecule has 3 N–H and O–H groups in total. The molecule has 0 spiro atoms. The molecule has 0 bridgehead atoms. The van der Waals surface area contributed by atoms with Crippen molar-refractivity contribution < 1.29 is 28.7 Å². The van der Waals surface area contributed by atoms with Crippen LogP contribution in [0.1, 0.15) is 87.7 Å². The van der Waals surface area contributed by atoms with E-state index in [-0.39, 0.29) is 35.5 Å². The molecule has 12 heteroatoms. The smallest absolute Gasteiger partial charge is 0.407 e. The van der Waals surface area contributed by atoms with Gasteiger partial charge in [0.15, 0.2) is 5.78 Å². The second-order valence-electron chi connectivity index (χ2n) is 16.4. The minimum absolute atomic E-state index is 0.00607. The molecule has 1 aliphatic carbocycles. The van der Waals surface area contributed by atoms with Gasteiger partial charge in [-0.05, 0) is 83.4 Å². The van der Waals surface area contributed by atoms with Gasteiger partial charge in [-0.3, -0.25) is 14.6 Å². The predicted molar refractivity (Wildman–Crippen MR) is 232 cm³/mol. The van der Waals surface area contributed by atoms with Gasteiger partial charge in [-0.15, -0.1) is 0 Å². The van der Waals surface area contributed by atoms with E-state index in [1.165, 1.54) is 19.8 Å². The summed E-state index contributed by atoms with van der Waals surface area (Å²) in [5.41, 5.74) is 9.43. The molecule has 2 fully saturated rings. The topological polar surface area (TPSA) is 155 Å². The van der Waals surface area contributed by atoms with E-state index >= 15 is 0 Å². The Kier molecular flexibility index (Phi) is 13.3. The molecular formula is C48H56N6O6. The van der Waals surface area contributed by atoms with Crippen molar-refractivity contribution in [3.63, 3.8) is 0 Å². The number of carbonyl (C=O) groups is 4. The molecule has 3 heterocycles. The van der Waals surface area contributed by atoms with Crippen molar-refractivity contribution in [3.8, 4) is 22.4 Å². The van der Waals surface area contributed by atoms with Crippen molar-refractivity contribution >= 4 is 35.2 Å². The summed E-state index contributed by atoms with van der Waals surface area (Å²) >= 11 is 0. The summed E-state index contributed by atoms with van der Waals surface area (Å²) in [4.78, 5) is 66.9. The highest BCUT2D eigenvalue weighted by atomic mass is 16.5. The van der Waals surface area contributed by atoms with Crippen LogP contribution in [0.3, 0.4) is 0 Å². The fraction of sp³-hybridized carbons (Fsp3) is 0.417. The number of likely N-dealkylation sites (tertiary alicyclic amines) is 1. The predicted octanol–water partition coefficient (Wildman–Crippen LogP) is 8.28. The van der Waals surface area contributed by atoms with Gasteiger partial charge in [-0.2, -0.15) is 0 Å². The number of amides is 3. The van der Waals surface area contributed by atoms with Gasteiger partial charge in [-0.1, -0.05) is 100.0 Å². The minimum atomic E-state index is -0.700. The fourth-order valence-corrected chi connectivity index (χ4v) is 8.93. The van der Waals surface area contributed by atoms with Crippen LogP contribution in [-0.4, -0.2) is 83.3 Å². The summed E-state index contributed by atoms with van der Waals surface area (Å²) in [6.45, 7) is 6.57. The van der Waals surface area contributed by atoms with Crippen LogP contribution in [0.15, 0.2) is 90.2 Å². The molecule has 7 rings (SSSR count). The van der Waals surface area contributed by atoms with E-state index in [1.807, 2.05) is 43.3 Å². The Labute approximate surface area is 352 Å². The van der Waals surface area contributed by atoms with Crippen LogP contribution < -0.4 is 10.6 Å². The number of ether oxygens (including phenoxy) is 2. The zero-order valence-corrected chi connectivity index (χ0v) is 35.2. The lowest BCUT2D eigenvalue weighted by Crippen LogP contribution is -2.53. The number of aromatic amines is 1. The number of rotatable bonds is 14. The molecule has 1 saturated carbocycles. The van der Waals surface area contributed by atoms with Crippen molar-refractivity contribution in [1.82, 2.24) is 25.5 Å². The summed E-state index contributed by atoms with van der Waals surface area (Å²) in [5.74, 6) is 0.267. The number of methoxy groups -OCH3 is 2. The number of H-pyrrole nitrogens is 1. The molecule has 3 aromatic carbocycles. The zero-order valence-electron chi connectivity index (χ0n) is 35.2. The molecule has 5 atom stereocenters. The number of ketones is 1. The number of imidazole rings is 1. The van der Waals surface area contributed by atoms with Crippen LogP contribution in [0.2, 0.25) is 0 Å². The molecule has 2 aliphatic heterocycles. The van der Waals surface area contributed by atoms with Crippen LogP contribution in [0.5, 0.6) is 0 Å².